The van der Waals surface area contributed by atoms with Gasteiger partial charge < -0.3 is 10.0 Å². The van der Waals surface area contributed by atoms with Crippen molar-refractivity contribution in [2.24, 2.45) is 5.92 Å². The molecule has 1 aliphatic heterocycles. The molecule has 1 saturated heterocycles. The minimum atomic E-state index is -0.625. The standard InChI is InChI=1S/C14H20FNO/c1-10-6-8-16(9-7-10)14-12(11(2)17)4-3-5-13(14)15/h3-5,10-11,17H,6-9H2,1-2H3/t11-/m1/s1. The van der Waals surface area contributed by atoms with Gasteiger partial charge in [0, 0.05) is 18.7 Å². The number of hydrogen-bond donors (Lipinski definition) is 1. The fourth-order valence-electron chi connectivity index (χ4n) is 2.43. The van der Waals surface area contributed by atoms with Crippen LogP contribution >= 0.6 is 0 Å². The third-order valence-electron chi connectivity index (χ3n) is 3.57. The number of benzene rings is 1. The predicted octanol–water partition coefficient (Wildman–Crippen LogP) is 3.12. The number of piperidine rings is 1. The van der Waals surface area contributed by atoms with Crippen LogP contribution in [0.4, 0.5) is 10.1 Å². The molecule has 2 nitrogen and oxygen atoms in total. The Hall–Kier alpha value is -1.09. The Bertz CT molecular complexity index is 384. The number of aliphatic hydroxyl groups excluding tert-OH is 1. The normalized spacial score (nSPS) is 19.4. The van der Waals surface area contributed by atoms with Gasteiger partial charge in [-0.05, 0) is 31.7 Å². The van der Waals surface area contributed by atoms with Crippen LogP contribution in [0.5, 0.6) is 0 Å². The first-order chi connectivity index (χ1) is 8.09. The third kappa shape index (κ3) is 2.60. The Labute approximate surface area is 102 Å². The SMILES string of the molecule is CC1CCN(c2c(F)cccc2[C@@H](C)O)CC1. The van der Waals surface area contributed by atoms with Gasteiger partial charge in [0.1, 0.15) is 5.82 Å². The van der Waals surface area contributed by atoms with E-state index >= 15 is 0 Å². The van der Waals surface area contributed by atoms with Crippen LogP contribution in [0, 0.1) is 11.7 Å². The summed E-state index contributed by atoms with van der Waals surface area (Å²) in [7, 11) is 0. The molecule has 1 heterocycles. The molecule has 0 amide bonds. The van der Waals surface area contributed by atoms with Crippen molar-refractivity contribution in [2.45, 2.75) is 32.8 Å². The van der Waals surface area contributed by atoms with Crippen molar-refractivity contribution >= 4 is 5.69 Å². The third-order valence-corrected chi connectivity index (χ3v) is 3.57. The smallest absolute Gasteiger partial charge is 0.146 e. The largest absolute Gasteiger partial charge is 0.389 e. The van der Waals surface area contributed by atoms with E-state index in [0.717, 1.165) is 25.9 Å². The highest BCUT2D eigenvalue weighted by atomic mass is 19.1. The molecule has 0 unspecified atom stereocenters. The number of anilines is 1. The average Bonchev–Trinajstić information content (AvgIpc) is 2.30. The molecule has 1 aliphatic rings. The van der Waals surface area contributed by atoms with Gasteiger partial charge in [-0.15, -0.1) is 0 Å². The van der Waals surface area contributed by atoms with E-state index in [9.17, 15) is 9.50 Å². The lowest BCUT2D eigenvalue weighted by molar-refractivity contribution is 0.199. The van der Waals surface area contributed by atoms with Gasteiger partial charge in [-0.25, -0.2) is 4.39 Å². The Morgan fingerprint density at radius 1 is 1.35 bits per heavy atom. The second kappa shape index (κ2) is 5.05. The van der Waals surface area contributed by atoms with Crippen molar-refractivity contribution in [2.75, 3.05) is 18.0 Å². The first kappa shape index (κ1) is 12.4. The van der Waals surface area contributed by atoms with Crippen molar-refractivity contribution in [3.63, 3.8) is 0 Å². The van der Waals surface area contributed by atoms with Crippen LogP contribution in [0.1, 0.15) is 38.4 Å². The second-order valence-electron chi connectivity index (χ2n) is 5.02. The molecular formula is C14H20FNO. The fraction of sp³-hybridized carbons (Fsp3) is 0.571. The summed E-state index contributed by atoms with van der Waals surface area (Å²) in [6.45, 7) is 5.67. The molecule has 2 rings (SSSR count). The van der Waals surface area contributed by atoms with Crippen molar-refractivity contribution in [3.05, 3.63) is 29.6 Å². The molecule has 94 valence electrons. The molecule has 1 atom stereocenters. The molecule has 1 aromatic rings. The molecule has 17 heavy (non-hydrogen) atoms. The van der Waals surface area contributed by atoms with Crippen molar-refractivity contribution in [1.82, 2.24) is 0 Å². The molecular weight excluding hydrogens is 217 g/mol. The highest BCUT2D eigenvalue weighted by molar-refractivity contribution is 5.56. The van der Waals surface area contributed by atoms with Gasteiger partial charge in [-0.2, -0.15) is 0 Å². The molecule has 0 bridgehead atoms. The molecule has 0 aromatic heterocycles. The maximum absolute atomic E-state index is 13.9. The number of aliphatic hydroxyl groups is 1. The zero-order chi connectivity index (χ0) is 12.4. The van der Waals surface area contributed by atoms with Gasteiger partial charge in [0.05, 0.1) is 11.8 Å². The van der Waals surface area contributed by atoms with E-state index in [1.54, 1.807) is 19.1 Å². The first-order valence-corrected chi connectivity index (χ1v) is 6.31. The van der Waals surface area contributed by atoms with Crippen LogP contribution in [0.15, 0.2) is 18.2 Å². The van der Waals surface area contributed by atoms with Gasteiger partial charge in [-0.1, -0.05) is 19.1 Å². The van der Waals surface area contributed by atoms with E-state index in [0.29, 0.717) is 17.2 Å². The Balaban J connectivity index is 2.30. The highest BCUT2D eigenvalue weighted by Gasteiger charge is 2.22. The number of hydrogen-bond acceptors (Lipinski definition) is 2. The van der Waals surface area contributed by atoms with Crippen LogP contribution in [-0.2, 0) is 0 Å². The minimum Gasteiger partial charge on any atom is -0.389 e. The van der Waals surface area contributed by atoms with Gasteiger partial charge in [0.25, 0.3) is 0 Å². The maximum atomic E-state index is 13.9. The minimum absolute atomic E-state index is 0.224. The second-order valence-corrected chi connectivity index (χ2v) is 5.02. The first-order valence-electron chi connectivity index (χ1n) is 6.31. The lowest BCUT2D eigenvalue weighted by Crippen LogP contribution is -2.34. The summed E-state index contributed by atoms with van der Waals surface area (Å²) in [6, 6.07) is 4.94. The van der Waals surface area contributed by atoms with Gasteiger partial charge in [0.2, 0.25) is 0 Å². The molecule has 1 fully saturated rings. The summed E-state index contributed by atoms with van der Waals surface area (Å²) < 4.78 is 13.9. The quantitative estimate of drug-likeness (QED) is 0.854. The molecule has 1 N–H and O–H groups in total. The van der Waals surface area contributed by atoms with E-state index in [1.165, 1.54) is 6.07 Å². The monoisotopic (exact) mass is 237 g/mol. The summed E-state index contributed by atoms with van der Waals surface area (Å²) >= 11 is 0. The van der Waals surface area contributed by atoms with E-state index in [1.807, 2.05) is 0 Å². The van der Waals surface area contributed by atoms with Crippen molar-refractivity contribution in [3.8, 4) is 0 Å². The topological polar surface area (TPSA) is 23.5 Å². The average molecular weight is 237 g/mol. The fourth-order valence-corrected chi connectivity index (χ4v) is 2.43. The lowest BCUT2D eigenvalue weighted by atomic mass is 9.97. The highest BCUT2D eigenvalue weighted by Crippen LogP contribution is 2.32. The number of rotatable bonds is 2. The molecule has 0 spiro atoms. The van der Waals surface area contributed by atoms with Crippen LogP contribution in [0.2, 0.25) is 0 Å². The zero-order valence-electron chi connectivity index (χ0n) is 10.5. The van der Waals surface area contributed by atoms with Crippen LogP contribution in [0.3, 0.4) is 0 Å². The Kier molecular flexibility index (Phi) is 3.67. The summed E-state index contributed by atoms with van der Waals surface area (Å²) in [5.41, 5.74) is 1.29. The molecule has 0 saturated carbocycles. The zero-order valence-corrected chi connectivity index (χ0v) is 10.5. The Morgan fingerprint density at radius 3 is 2.59 bits per heavy atom. The van der Waals surface area contributed by atoms with Crippen LogP contribution in [0.25, 0.3) is 0 Å². The van der Waals surface area contributed by atoms with Crippen LogP contribution in [-0.4, -0.2) is 18.2 Å². The molecule has 3 heteroatoms. The van der Waals surface area contributed by atoms with Crippen molar-refractivity contribution in [1.29, 1.82) is 0 Å². The number of nitrogens with zero attached hydrogens (tertiary/aromatic N) is 1. The Morgan fingerprint density at radius 2 is 2.00 bits per heavy atom. The summed E-state index contributed by atoms with van der Waals surface area (Å²) in [4.78, 5) is 2.07. The van der Waals surface area contributed by atoms with E-state index < -0.39 is 6.10 Å². The molecule has 0 radical (unpaired) electrons. The molecule has 1 aromatic carbocycles. The lowest BCUT2D eigenvalue weighted by Gasteiger charge is -2.34. The van der Waals surface area contributed by atoms with Crippen LogP contribution < -0.4 is 4.90 Å². The number of halogens is 1. The van der Waals surface area contributed by atoms with Gasteiger partial charge in [-0.3, -0.25) is 0 Å². The van der Waals surface area contributed by atoms with E-state index in [4.69, 9.17) is 0 Å². The summed E-state index contributed by atoms with van der Waals surface area (Å²) in [5.74, 6) is 0.492. The van der Waals surface area contributed by atoms with E-state index in [2.05, 4.69) is 11.8 Å². The summed E-state index contributed by atoms with van der Waals surface area (Å²) in [6.07, 6.45) is 1.56. The van der Waals surface area contributed by atoms with E-state index in [-0.39, 0.29) is 5.82 Å². The predicted molar refractivity (Wildman–Crippen MR) is 67.6 cm³/mol. The maximum Gasteiger partial charge on any atom is 0.146 e. The van der Waals surface area contributed by atoms with Gasteiger partial charge in [0.15, 0.2) is 0 Å². The molecule has 0 aliphatic carbocycles. The van der Waals surface area contributed by atoms with Crippen molar-refractivity contribution < 1.29 is 9.50 Å². The van der Waals surface area contributed by atoms with Gasteiger partial charge >= 0.3 is 0 Å². The summed E-state index contributed by atoms with van der Waals surface area (Å²) in [5, 5.41) is 9.72. The number of para-hydroxylation sites is 1.